The Kier molecular flexibility index (Phi) is 3.01. The van der Waals surface area contributed by atoms with E-state index in [4.69, 9.17) is 9.47 Å². The highest BCUT2D eigenvalue weighted by Gasteiger charge is 2.50. The van der Waals surface area contributed by atoms with Crippen LogP contribution in [-0.2, 0) is 4.79 Å². The van der Waals surface area contributed by atoms with Gasteiger partial charge in [0.2, 0.25) is 0 Å². The van der Waals surface area contributed by atoms with Gasteiger partial charge in [0.25, 0.3) is 5.91 Å². The van der Waals surface area contributed by atoms with Crippen molar-refractivity contribution in [2.24, 2.45) is 0 Å². The summed E-state index contributed by atoms with van der Waals surface area (Å²) in [6.07, 6.45) is 0. The first-order valence-electron chi connectivity index (χ1n) is 6.02. The molecule has 0 radical (unpaired) electrons. The molecular weight excluding hydrogens is 282 g/mol. The third kappa shape index (κ3) is 1.59. The predicted molar refractivity (Wildman–Crippen MR) is 72.3 cm³/mol. The number of hydrogen-bond donors (Lipinski definition) is 1. The number of carbonyl (C=O) groups is 2. The van der Waals surface area contributed by atoms with E-state index in [1.165, 1.54) is 30.9 Å². The number of carboxylic acid groups (broad SMARTS) is 1. The Morgan fingerprint density at radius 1 is 1.40 bits per heavy atom. The van der Waals surface area contributed by atoms with Crippen molar-refractivity contribution in [2.45, 2.75) is 11.4 Å². The lowest BCUT2D eigenvalue weighted by Gasteiger charge is -2.19. The molecule has 1 fully saturated rings. The normalized spacial score (nSPS) is 23.5. The third-order valence-electron chi connectivity index (χ3n) is 3.58. The van der Waals surface area contributed by atoms with Gasteiger partial charge >= 0.3 is 5.97 Å². The number of hydrogen-bond acceptors (Lipinski definition) is 5. The summed E-state index contributed by atoms with van der Waals surface area (Å²) in [6, 6.07) is 2.75. The molecule has 1 N–H and O–H groups in total. The molecule has 2 heterocycles. The number of benzene rings is 1. The van der Waals surface area contributed by atoms with Crippen molar-refractivity contribution < 1.29 is 24.2 Å². The van der Waals surface area contributed by atoms with Gasteiger partial charge in [0.15, 0.2) is 11.5 Å². The molecule has 1 saturated heterocycles. The number of nitrogens with zero attached hydrogens (tertiary/aromatic N) is 1. The molecular formula is C13H13NO5S. The van der Waals surface area contributed by atoms with Crippen LogP contribution in [0.5, 0.6) is 11.5 Å². The van der Waals surface area contributed by atoms with E-state index in [1.807, 2.05) is 0 Å². The van der Waals surface area contributed by atoms with Gasteiger partial charge in [-0.15, -0.1) is 11.8 Å². The lowest BCUT2D eigenvalue weighted by molar-refractivity contribution is -0.141. The zero-order valence-electron chi connectivity index (χ0n) is 11.0. The number of thioether (sulfide) groups is 1. The lowest BCUT2D eigenvalue weighted by Crippen LogP contribution is -2.39. The van der Waals surface area contributed by atoms with E-state index in [1.54, 1.807) is 12.1 Å². The fourth-order valence-corrected chi connectivity index (χ4v) is 4.13. The smallest absolute Gasteiger partial charge is 0.327 e. The molecule has 1 aromatic rings. The second-order valence-electron chi connectivity index (χ2n) is 4.52. The maximum atomic E-state index is 12.6. The summed E-state index contributed by atoms with van der Waals surface area (Å²) in [4.78, 5) is 25.2. The van der Waals surface area contributed by atoms with E-state index in [2.05, 4.69) is 0 Å². The van der Waals surface area contributed by atoms with E-state index in [9.17, 15) is 14.7 Å². The fourth-order valence-electron chi connectivity index (χ4n) is 2.68. The number of carboxylic acids is 1. The van der Waals surface area contributed by atoms with E-state index < -0.39 is 12.0 Å². The van der Waals surface area contributed by atoms with Gasteiger partial charge in [0.1, 0.15) is 11.4 Å². The van der Waals surface area contributed by atoms with Crippen LogP contribution >= 0.6 is 11.8 Å². The summed E-state index contributed by atoms with van der Waals surface area (Å²) in [5.74, 6) is -0.0449. The average Bonchev–Trinajstić information content (AvgIpc) is 2.99. The van der Waals surface area contributed by atoms with Crippen molar-refractivity contribution in [3.05, 3.63) is 23.3 Å². The maximum Gasteiger partial charge on any atom is 0.327 e. The second kappa shape index (κ2) is 4.59. The number of amides is 1. The van der Waals surface area contributed by atoms with Crippen LogP contribution in [-0.4, -0.2) is 47.9 Å². The molecule has 1 aromatic carbocycles. The first-order chi connectivity index (χ1) is 9.60. The van der Waals surface area contributed by atoms with Gasteiger partial charge in [0.05, 0.1) is 19.8 Å². The summed E-state index contributed by atoms with van der Waals surface area (Å²) in [7, 11) is 2.97. The molecule has 2 aliphatic rings. The highest BCUT2D eigenvalue weighted by atomic mass is 32.2. The molecule has 106 valence electrons. The zero-order chi connectivity index (χ0) is 14.4. The molecule has 2 aliphatic heterocycles. The molecule has 0 aromatic heterocycles. The van der Waals surface area contributed by atoms with E-state index in [0.717, 1.165) is 5.56 Å². The van der Waals surface area contributed by atoms with Gasteiger partial charge in [-0.1, -0.05) is 6.07 Å². The molecule has 3 rings (SSSR count). The molecule has 7 heteroatoms. The van der Waals surface area contributed by atoms with Crippen molar-refractivity contribution in [2.75, 3.05) is 20.0 Å². The Balaban J connectivity index is 2.13. The molecule has 6 nitrogen and oxygen atoms in total. The van der Waals surface area contributed by atoms with Gasteiger partial charge in [-0.3, -0.25) is 4.79 Å². The van der Waals surface area contributed by atoms with Crippen LogP contribution in [0.15, 0.2) is 12.1 Å². The Hall–Kier alpha value is -1.89. The summed E-state index contributed by atoms with van der Waals surface area (Å²) < 4.78 is 10.5. The van der Waals surface area contributed by atoms with Crippen LogP contribution < -0.4 is 9.47 Å². The van der Waals surface area contributed by atoms with Crippen LogP contribution in [0, 0.1) is 0 Å². The number of aliphatic carboxylic acids is 1. The predicted octanol–water partition coefficient (Wildman–Crippen LogP) is 1.36. The zero-order valence-corrected chi connectivity index (χ0v) is 11.8. The van der Waals surface area contributed by atoms with Crippen LogP contribution in [0.1, 0.15) is 21.3 Å². The van der Waals surface area contributed by atoms with Gasteiger partial charge in [-0.25, -0.2) is 4.79 Å². The minimum atomic E-state index is -0.980. The quantitative estimate of drug-likeness (QED) is 0.907. The summed E-state index contributed by atoms with van der Waals surface area (Å²) in [5, 5.41) is 8.97. The standard InChI is InChI=1S/C13H13NO5S/c1-18-8-4-3-6-9(10(8)19-2)11(15)14-7(13(16)17)5-20-12(6)14/h3-4,7,12H,5H2,1-2H3,(H,16,17)/t7-,12?/m1/s1. The number of carbonyl (C=O) groups excluding carboxylic acids is 1. The highest BCUT2D eigenvalue weighted by molar-refractivity contribution is 7.99. The summed E-state index contributed by atoms with van der Waals surface area (Å²) in [5.41, 5.74) is 1.21. The first-order valence-corrected chi connectivity index (χ1v) is 7.07. The molecule has 1 unspecified atom stereocenters. The first kappa shape index (κ1) is 13.1. The topological polar surface area (TPSA) is 76.1 Å². The number of rotatable bonds is 3. The van der Waals surface area contributed by atoms with E-state index in [0.29, 0.717) is 22.8 Å². The van der Waals surface area contributed by atoms with Gasteiger partial charge in [-0.2, -0.15) is 0 Å². The van der Waals surface area contributed by atoms with Crippen molar-refractivity contribution in [1.82, 2.24) is 4.90 Å². The van der Waals surface area contributed by atoms with Crippen molar-refractivity contribution in [3.63, 3.8) is 0 Å². The second-order valence-corrected chi connectivity index (χ2v) is 5.63. The Bertz CT molecular complexity index is 603. The molecule has 1 amide bonds. The maximum absolute atomic E-state index is 12.6. The molecule has 20 heavy (non-hydrogen) atoms. The monoisotopic (exact) mass is 295 g/mol. The van der Waals surface area contributed by atoms with E-state index in [-0.39, 0.29) is 11.3 Å². The van der Waals surface area contributed by atoms with Crippen LogP contribution in [0.25, 0.3) is 0 Å². The minimum absolute atomic E-state index is 0.251. The Morgan fingerprint density at radius 2 is 2.15 bits per heavy atom. The Morgan fingerprint density at radius 3 is 2.75 bits per heavy atom. The highest BCUT2D eigenvalue weighted by Crippen LogP contribution is 2.52. The van der Waals surface area contributed by atoms with Crippen molar-refractivity contribution in [1.29, 1.82) is 0 Å². The van der Waals surface area contributed by atoms with Gasteiger partial charge < -0.3 is 19.5 Å². The number of fused-ring (bicyclic) bond motifs is 3. The van der Waals surface area contributed by atoms with Crippen molar-refractivity contribution >= 4 is 23.6 Å². The van der Waals surface area contributed by atoms with Gasteiger partial charge in [0, 0.05) is 11.3 Å². The largest absolute Gasteiger partial charge is 0.493 e. The Labute approximate surface area is 119 Å². The summed E-state index contributed by atoms with van der Waals surface area (Å²) in [6.45, 7) is 0. The summed E-state index contributed by atoms with van der Waals surface area (Å²) >= 11 is 1.46. The fraction of sp³-hybridized carbons (Fsp3) is 0.385. The molecule has 0 spiro atoms. The number of methoxy groups -OCH3 is 2. The van der Waals surface area contributed by atoms with Gasteiger partial charge in [-0.05, 0) is 6.07 Å². The number of ether oxygens (including phenoxy) is 2. The third-order valence-corrected chi connectivity index (χ3v) is 4.88. The SMILES string of the molecule is COc1ccc2c(c1OC)C(=O)N1C2SC[C@@H]1C(=O)O. The van der Waals surface area contributed by atoms with Crippen LogP contribution in [0.3, 0.4) is 0 Å². The van der Waals surface area contributed by atoms with Crippen LogP contribution in [0.4, 0.5) is 0 Å². The minimum Gasteiger partial charge on any atom is -0.493 e. The average molecular weight is 295 g/mol. The lowest BCUT2D eigenvalue weighted by atomic mass is 10.1. The molecule has 2 atom stereocenters. The molecule has 0 bridgehead atoms. The van der Waals surface area contributed by atoms with Crippen LogP contribution in [0.2, 0.25) is 0 Å². The van der Waals surface area contributed by atoms with E-state index >= 15 is 0 Å². The molecule has 0 aliphatic carbocycles. The molecule has 0 saturated carbocycles. The van der Waals surface area contributed by atoms with Crippen molar-refractivity contribution in [3.8, 4) is 11.5 Å².